The maximum absolute atomic E-state index is 5.47. The Bertz CT molecular complexity index is 93.5. The Morgan fingerprint density at radius 2 is 1.45 bits per heavy atom. The standard InChI is InChI=1S/C8H16O3/c1-9-7-5-3-4-6-8(10-2)11-7/h7-8H,3-6H2,1-2H3. The first-order valence-corrected chi connectivity index (χ1v) is 4.08. The van der Waals surface area contributed by atoms with Gasteiger partial charge >= 0.3 is 0 Å². The van der Waals surface area contributed by atoms with Gasteiger partial charge in [-0.2, -0.15) is 0 Å². The van der Waals surface area contributed by atoms with E-state index in [-0.39, 0.29) is 12.6 Å². The Hall–Kier alpha value is -0.120. The molecule has 2 unspecified atom stereocenters. The third kappa shape index (κ3) is 2.77. The summed E-state index contributed by atoms with van der Waals surface area (Å²) in [4.78, 5) is 0. The lowest BCUT2D eigenvalue weighted by Crippen LogP contribution is -2.22. The molecule has 1 saturated heterocycles. The molecule has 0 aromatic heterocycles. The predicted molar refractivity (Wildman–Crippen MR) is 41.1 cm³/mol. The van der Waals surface area contributed by atoms with Gasteiger partial charge in [-0.3, -0.25) is 0 Å². The van der Waals surface area contributed by atoms with Crippen molar-refractivity contribution in [3.05, 3.63) is 0 Å². The highest BCUT2D eigenvalue weighted by molar-refractivity contribution is 4.56. The highest BCUT2D eigenvalue weighted by Gasteiger charge is 2.18. The fraction of sp³-hybridized carbons (Fsp3) is 1.00. The van der Waals surface area contributed by atoms with Gasteiger partial charge in [0.15, 0.2) is 12.6 Å². The first-order chi connectivity index (χ1) is 5.36. The van der Waals surface area contributed by atoms with E-state index in [1.54, 1.807) is 14.2 Å². The van der Waals surface area contributed by atoms with Crippen LogP contribution in [0.3, 0.4) is 0 Å². The van der Waals surface area contributed by atoms with Crippen molar-refractivity contribution in [2.75, 3.05) is 14.2 Å². The molecule has 0 aromatic carbocycles. The maximum Gasteiger partial charge on any atom is 0.160 e. The first kappa shape index (κ1) is 8.97. The molecule has 2 atom stereocenters. The van der Waals surface area contributed by atoms with Gasteiger partial charge < -0.3 is 14.2 Å². The molecule has 0 saturated carbocycles. The molecule has 0 N–H and O–H groups in total. The average molecular weight is 160 g/mol. The van der Waals surface area contributed by atoms with E-state index in [1.165, 1.54) is 12.8 Å². The van der Waals surface area contributed by atoms with Crippen LogP contribution in [0.25, 0.3) is 0 Å². The number of methoxy groups -OCH3 is 2. The van der Waals surface area contributed by atoms with Crippen LogP contribution in [0.4, 0.5) is 0 Å². The van der Waals surface area contributed by atoms with Crippen LogP contribution >= 0.6 is 0 Å². The maximum atomic E-state index is 5.47. The molecule has 3 nitrogen and oxygen atoms in total. The molecule has 0 spiro atoms. The zero-order valence-electron chi connectivity index (χ0n) is 7.21. The van der Waals surface area contributed by atoms with Crippen molar-refractivity contribution in [2.45, 2.75) is 38.3 Å². The molecule has 1 rings (SSSR count). The summed E-state index contributed by atoms with van der Waals surface area (Å²) in [5.74, 6) is 0. The molecule has 0 radical (unpaired) electrons. The second-order valence-electron chi connectivity index (χ2n) is 2.75. The normalized spacial score (nSPS) is 33.3. The second kappa shape index (κ2) is 4.70. The van der Waals surface area contributed by atoms with Crippen molar-refractivity contribution in [1.29, 1.82) is 0 Å². The molecule has 3 heteroatoms. The van der Waals surface area contributed by atoms with Gasteiger partial charge in [0, 0.05) is 14.2 Å². The minimum absolute atomic E-state index is 0.0672. The fourth-order valence-electron chi connectivity index (χ4n) is 1.27. The van der Waals surface area contributed by atoms with E-state index in [1.807, 2.05) is 0 Å². The van der Waals surface area contributed by atoms with Crippen LogP contribution in [0, 0.1) is 0 Å². The van der Waals surface area contributed by atoms with Crippen molar-refractivity contribution in [3.63, 3.8) is 0 Å². The minimum Gasteiger partial charge on any atom is -0.356 e. The molecule has 1 aliphatic rings. The Morgan fingerprint density at radius 3 is 1.82 bits per heavy atom. The van der Waals surface area contributed by atoms with Gasteiger partial charge in [-0.15, -0.1) is 0 Å². The summed E-state index contributed by atoms with van der Waals surface area (Å²) in [5.41, 5.74) is 0. The molecule has 0 bridgehead atoms. The minimum atomic E-state index is -0.0672. The van der Waals surface area contributed by atoms with Crippen LogP contribution in [0.5, 0.6) is 0 Å². The highest BCUT2D eigenvalue weighted by Crippen LogP contribution is 2.18. The monoisotopic (exact) mass is 160 g/mol. The van der Waals surface area contributed by atoms with Crippen LogP contribution in [-0.4, -0.2) is 26.8 Å². The number of ether oxygens (including phenoxy) is 3. The zero-order valence-corrected chi connectivity index (χ0v) is 7.21. The number of hydrogen-bond donors (Lipinski definition) is 0. The summed E-state index contributed by atoms with van der Waals surface area (Å²) in [6, 6.07) is 0. The lowest BCUT2D eigenvalue weighted by Gasteiger charge is -2.18. The average Bonchev–Trinajstić information content (AvgIpc) is 2.28. The molecule has 0 aromatic rings. The largest absolute Gasteiger partial charge is 0.356 e. The first-order valence-electron chi connectivity index (χ1n) is 4.08. The quantitative estimate of drug-likeness (QED) is 0.613. The van der Waals surface area contributed by atoms with Gasteiger partial charge in [0.25, 0.3) is 0 Å². The van der Waals surface area contributed by atoms with Crippen molar-refractivity contribution in [1.82, 2.24) is 0 Å². The van der Waals surface area contributed by atoms with Crippen molar-refractivity contribution < 1.29 is 14.2 Å². The Kier molecular flexibility index (Phi) is 3.83. The predicted octanol–water partition coefficient (Wildman–Crippen LogP) is 1.52. The van der Waals surface area contributed by atoms with Gasteiger partial charge in [0.05, 0.1) is 0 Å². The van der Waals surface area contributed by atoms with Crippen LogP contribution in [0.15, 0.2) is 0 Å². The summed E-state index contributed by atoms with van der Waals surface area (Å²) in [7, 11) is 3.34. The molecular weight excluding hydrogens is 144 g/mol. The smallest absolute Gasteiger partial charge is 0.160 e. The lowest BCUT2D eigenvalue weighted by atomic mass is 10.2. The molecule has 0 aliphatic carbocycles. The van der Waals surface area contributed by atoms with E-state index in [0.29, 0.717) is 0 Å². The van der Waals surface area contributed by atoms with Crippen LogP contribution in [-0.2, 0) is 14.2 Å². The van der Waals surface area contributed by atoms with Gasteiger partial charge in [-0.1, -0.05) is 0 Å². The zero-order chi connectivity index (χ0) is 8.10. The molecule has 66 valence electrons. The molecule has 1 heterocycles. The third-order valence-corrected chi connectivity index (χ3v) is 1.96. The van der Waals surface area contributed by atoms with Crippen LogP contribution < -0.4 is 0 Å². The highest BCUT2D eigenvalue weighted by atomic mass is 16.8. The summed E-state index contributed by atoms with van der Waals surface area (Å²) in [5, 5.41) is 0. The SMILES string of the molecule is COC1CCCCC(OC)O1. The molecular formula is C8H16O3. The summed E-state index contributed by atoms with van der Waals surface area (Å²) in [6.45, 7) is 0. The lowest BCUT2D eigenvalue weighted by molar-refractivity contribution is -0.225. The van der Waals surface area contributed by atoms with Crippen molar-refractivity contribution in [2.24, 2.45) is 0 Å². The number of rotatable bonds is 2. The summed E-state index contributed by atoms with van der Waals surface area (Å²) in [6.07, 6.45) is 4.16. The van der Waals surface area contributed by atoms with Gasteiger partial charge in [-0.25, -0.2) is 0 Å². The van der Waals surface area contributed by atoms with Gasteiger partial charge in [0.1, 0.15) is 0 Å². The summed E-state index contributed by atoms with van der Waals surface area (Å²) >= 11 is 0. The third-order valence-electron chi connectivity index (χ3n) is 1.96. The van der Waals surface area contributed by atoms with Gasteiger partial charge in [0.2, 0.25) is 0 Å². The molecule has 0 amide bonds. The van der Waals surface area contributed by atoms with Crippen LogP contribution in [0.2, 0.25) is 0 Å². The van der Waals surface area contributed by atoms with E-state index in [4.69, 9.17) is 14.2 Å². The van der Waals surface area contributed by atoms with Crippen molar-refractivity contribution in [3.8, 4) is 0 Å². The van der Waals surface area contributed by atoms with E-state index in [9.17, 15) is 0 Å². The molecule has 1 aliphatic heterocycles. The number of hydrogen-bond acceptors (Lipinski definition) is 3. The van der Waals surface area contributed by atoms with E-state index < -0.39 is 0 Å². The fourth-order valence-corrected chi connectivity index (χ4v) is 1.27. The molecule has 11 heavy (non-hydrogen) atoms. The Balaban J connectivity index is 2.33. The topological polar surface area (TPSA) is 27.7 Å². The second-order valence-corrected chi connectivity index (χ2v) is 2.75. The van der Waals surface area contributed by atoms with E-state index in [0.717, 1.165) is 12.8 Å². The Labute approximate surface area is 67.6 Å². The van der Waals surface area contributed by atoms with Crippen LogP contribution in [0.1, 0.15) is 25.7 Å². The van der Waals surface area contributed by atoms with E-state index in [2.05, 4.69) is 0 Å². The molecule has 1 fully saturated rings. The van der Waals surface area contributed by atoms with Crippen molar-refractivity contribution >= 4 is 0 Å². The van der Waals surface area contributed by atoms with E-state index >= 15 is 0 Å². The Morgan fingerprint density at radius 1 is 1.00 bits per heavy atom. The van der Waals surface area contributed by atoms with Gasteiger partial charge in [-0.05, 0) is 25.7 Å². The summed E-state index contributed by atoms with van der Waals surface area (Å²) < 4.78 is 15.7.